The minimum atomic E-state index is -1.53. The van der Waals surface area contributed by atoms with Crippen LogP contribution >= 0.6 is 0 Å². The molecule has 0 aromatic heterocycles. The second kappa shape index (κ2) is 8.39. The van der Waals surface area contributed by atoms with Crippen LogP contribution in [0.15, 0.2) is 22.8 Å². The number of hydrogen-bond acceptors (Lipinski definition) is 8. The van der Waals surface area contributed by atoms with Crippen molar-refractivity contribution in [3.63, 3.8) is 0 Å². The van der Waals surface area contributed by atoms with E-state index in [1.54, 1.807) is 19.9 Å². The number of ether oxygens (including phenoxy) is 2. The van der Waals surface area contributed by atoms with Gasteiger partial charge in [0, 0.05) is 42.6 Å². The molecule has 1 fully saturated rings. The number of hydrogen-bond donors (Lipinski definition) is 3. The SMILES string of the molecule is CC(=O)O[C@H]1C[C@H]2[C@H](OC(C)=O)/C=C3\C[C@](C)([C@H](O)C(=O)C(=C1C)C2(C)C)[C@@H](O)C[C@@H]3O. The zero-order valence-electron chi connectivity index (χ0n) is 19.5. The van der Waals surface area contributed by atoms with Gasteiger partial charge < -0.3 is 24.8 Å². The highest BCUT2D eigenvalue weighted by molar-refractivity contribution is 6.01. The van der Waals surface area contributed by atoms with Crippen LogP contribution in [0.4, 0.5) is 0 Å². The van der Waals surface area contributed by atoms with E-state index in [1.165, 1.54) is 13.8 Å². The minimum Gasteiger partial charge on any atom is -0.458 e. The molecular formula is C24H34O8. The predicted molar refractivity (Wildman–Crippen MR) is 114 cm³/mol. The molecule has 4 bridgehead atoms. The van der Waals surface area contributed by atoms with Crippen molar-refractivity contribution < 1.29 is 39.2 Å². The summed E-state index contributed by atoms with van der Waals surface area (Å²) < 4.78 is 11.2. The molecule has 8 heteroatoms. The monoisotopic (exact) mass is 450 g/mol. The molecule has 1 saturated carbocycles. The molecule has 0 radical (unpaired) electrons. The van der Waals surface area contributed by atoms with Crippen LogP contribution in [-0.2, 0) is 23.9 Å². The van der Waals surface area contributed by atoms with Crippen LogP contribution < -0.4 is 0 Å². The Balaban J connectivity index is 2.29. The first kappa shape index (κ1) is 24.6. The molecule has 0 aromatic rings. The van der Waals surface area contributed by atoms with Crippen LogP contribution in [0.5, 0.6) is 0 Å². The average Bonchev–Trinajstić information content (AvgIpc) is 2.65. The maximum Gasteiger partial charge on any atom is 0.303 e. The average molecular weight is 451 g/mol. The van der Waals surface area contributed by atoms with Gasteiger partial charge in [0.1, 0.15) is 18.3 Å². The molecule has 32 heavy (non-hydrogen) atoms. The van der Waals surface area contributed by atoms with Crippen molar-refractivity contribution in [1.29, 1.82) is 0 Å². The molecule has 0 unspecified atom stereocenters. The number of carbonyl (C=O) groups is 3. The smallest absolute Gasteiger partial charge is 0.303 e. The summed E-state index contributed by atoms with van der Waals surface area (Å²) in [4.78, 5) is 37.5. The molecule has 0 aromatic carbocycles. The van der Waals surface area contributed by atoms with Crippen LogP contribution in [-0.4, -0.2) is 63.6 Å². The van der Waals surface area contributed by atoms with Crippen molar-refractivity contribution in [1.82, 2.24) is 0 Å². The zero-order chi connectivity index (χ0) is 24.2. The third-order valence-electron chi connectivity index (χ3n) is 7.64. The summed E-state index contributed by atoms with van der Waals surface area (Å²) in [6, 6.07) is 0. The van der Waals surface area contributed by atoms with E-state index < -0.39 is 65.0 Å². The largest absolute Gasteiger partial charge is 0.458 e. The molecule has 3 N–H and O–H groups in total. The molecule has 3 rings (SSSR count). The van der Waals surface area contributed by atoms with E-state index in [1.807, 2.05) is 13.8 Å². The number of aliphatic hydroxyl groups excluding tert-OH is 3. The summed E-state index contributed by atoms with van der Waals surface area (Å²) >= 11 is 0. The van der Waals surface area contributed by atoms with E-state index in [4.69, 9.17) is 9.47 Å². The van der Waals surface area contributed by atoms with Gasteiger partial charge in [0.2, 0.25) is 0 Å². The molecule has 7 atom stereocenters. The van der Waals surface area contributed by atoms with Crippen molar-refractivity contribution in [3.8, 4) is 0 Å². The fourth-order valence-electron chi connectivity index (χ4n) is 5.78. The first-order chi connectivity index (χ1) is 14.7. The number of rotatable bonds is 2. The van der Waals surface area contributed by atoms with Gasteiger partial charge in [-0.05, 0) is 37.0 Å². The lowest BCUT2D eigenvalue weighted by Crippen LogP contribution is -2.56. The van der Waals surface area contributed by atoms with Crippen molar-refractivity contribution in [2.24, 2.45) is 16.7 Å². The Kier molecular flexibility index (Phi) is 6.45. The first-order valence-electron chi connectivity index (χ1n) is 11.0. The predicted octanol–water partition coefficient (Wildman–Crippen LogP) is 1.60. The number of esters is 2. The van der Waals surface area contributed by atoms with Gasteiger partial charge in [-0.15, -0.1) is 0 Å². The van der Waals surface area contributed by atoms with Crippen molar-refractivity contribution >= 4 is 17.7 Å². The summed E-state index contributed by atoms with van der Waals surface area (Å²) in [6.45, 7) is 9.58. The standard InChI is InChI=1S/C24H34O8/c1-11-17(31-12(2)25)8-15-18(32-13(3)26)7-14-10-24(6,19(28)9-16(14)27)22(30)21(29)20(11)23(15,4)5/h7,15-19,22,27-28,30H,8-10H2,1-6H3/b14-7+/t15-,16-,17-,18+,19-,22+,24-/m0/s1. The van der Waals surface area contributed by atoms with Crippen molar-refractivity contribution in [2.45, 2.75) is 91.3 Å². The van der Waals surface area contributed by atoms with Crippen LogP contribution in [0.25, 0.3) is 0 Å². The highest BCUT2D eigenvalue weighted by atomic mass is 16.5. The lowest BCUT2D eigenvalue weighted by Gasteiger charge is -2.50. The quantitative estimate of drug-likeness (QED) is 0.427. The fourth-order valence-corrected chi connectivity index (χ4v) is 5.78. The minimum absolute atomic E-state index is 0.0401. The van der Waals surface area contributed by atoms with Crippen molar-refractivity contribution in [3.05, 3.63) is 22.8 Å². The number of Topliss-reactive ketones (excluding diaryl/α,β-unsaturated/α-hetero) is 1. The Morgan fingerprint density at radius 3 is 2.19 bits per heavy atom. The Bertz CT molecular complexity index is 884. The number of fused-ring (bicyclic) bond motifs is 4. The molecule has 0 amide bonds. The summed E-state index contributed by atoms with van der Waals surface area (Å²) in [6.07, 6.45) is -3.13. The van der Waals surface area contributed by atoms with E-state index in [0.717, 1.165) is 0 Å². The molecule has 178 valence electrons. The number of ketones is 1. The first-order valence-corrected chi connectivity index (χ1v) is 11.0. The van der Waals surface area contributed by atoms with E-state index in [-0.39, 0.29) is 12.8 Å². The fraction of sp³-hybridized carbons (Fsp3) is 0.708. The van der Waals surface area contributed by atoms with E-state index >= 15 is 0 Å². The zero-order valence-corrected chi connectivity index (χ0v) is 19.5. The van der Waals surface area contributed by atoms with Gasteiger partial charge in [0.25, 0.3) is 0 Å². The van der Waals surface area contributed by atoms with E-state index in [2.05, 4.69) is 0 Å². The maximum atomic E-state index is 13.7. The third-order valence-corrected chi connectivity index (χ3v) is 7.64. The van der Waals surface area contributed by atoms with E-state index in [9.17, 15) is 29.7 Å². The molecule has 0 saturated heterocycles. The van der Waals surface area contributed by atoms with Gasteiger partial charge in [-0.3, -0.25) is 14.4 Å². The van der Waals surface area contributed by atoms with Gasteiger partial charge in [-0.2, -0.15) is 0 Å². The lowest BCUT2D eigenvalue weighted by atomic mass is 9.57. The van der Waals surface area contributed by atoms with Gasteiger partial charge in [-0.1, -0.05) is 20.8 Å². The second-order valence-corrected chi connectivity index (χ2v) is 10.3. The Labute approximate surface area is 188 Å². The Morgan fingerprint density at radius 1 is 1.03 bits per heavy atom. The Morgan fingerprint density at radius 2 is 1.62 bits per heavy atom. The van der Waals surface area contributed by atoms with Gasteiger partial charge >= 0.3 is 11.9 Å². The summed E-state index contributed by atoms with van der Waals surface area (Å²) in [5.41, 5.74) is -0.723. The summed E-state index contributed by atoms with van der Waals surface area (Å²) in [7, 11) is 0. The highest BCUT2D eigenvalue weighted by Gasteiger charge is 2.55. The van der Waals surface area contributed by atoms with Crippen LogP contribution in [0.3, 0.4) is 0 Å². The molecule has 3 aliphatic rings. The van der Waals surface area contributed by atoms with Crippen LogP contribution in [0.1, 0.15) is 60.8 Å². The van der Waals surface area contributed by atoms with Gasteiger partial charge in [0.05, 0.1) is 12.2 Å². The van der Waals surface area contributed by atoms with Gasteiger partial charge in [-0.25, -0.2) is 0 Å². The normalized spacial score (nSPS) is 40.8. The van der Waals surface area contributed by atoms with Crippen LogP contribution in [0, 0.1) is 16.7 Å². The molecule has 0 aliphatic heterocycles. The molecule has 3 aliphatic carbocycles. The topological polar surface area (TPSA) is 130 Å². The number of aliphatic hydroxyl groups is 3. The maximum absolute atomic E-state index is 13.7. The summed E-state index contributed by atoms with van der Waals surface area (Å²) in [5, 5.41) is 32.6. The number of carbonyl (C=O) groups excluding carboxylic acids is 3. The summed E-state index contributed by atoms with van der Waals surface area (Å²) in [5.74, 6) is -2.03. The van der Waals surface area contributed by atoms with Crippen molar-refractivity contribution in [2.75, 3.05) is 0 Å². The Hall–Kier alpha value is -2.03. The lowest BCUT2D eigenvalue weighted by molar-refractivity contribution is -0.156. The molecule has 8 nitrogen and oxygen atoms in total. The van der Waals surface area contributed by atoms with Crippen LogP contribution in [0.2, 0.25) is 0 Å². The second-order valence-electron chi connectivity index (χ2n) is 10.3. The third kappa shape index (κ3) is 4.04. The van der Waals surface area contributed by atoms with E-state index in [0.29, 0.717) is 23.1 Å². The highest BCUT2D eigenvalue weighted by Crippen LogP contribution is 2.52. The molecule has 0 heterocycles. The van der Waals surface area contributed by atoms with Gasteiger partial charge in [0.15, 0.2) is 5.78 Å². The molecule has 0 spiro atoms. The molecular weight excluding hydrogens is 416 g/mol.